The first kappa shape index (κ1) is 10.1. The molecule has 0 aliphatic carbocycles. The molecule has 3 heteroatoms. The molecule has 1 rings (SSSR count). The van der Waals surface area contributed by atoms with Gasteiger partial charge >= 0.3 is 0 Å². The predicted molar refractivity (Wildman–Crippen MR) is 54.9 cm³/mol. The zero-order valence-corrected chi connectivity index (χ0v) is 8.43. The number of carbonyl (C=O) groups excluding carboxylic acids is 1. The summed E-state index contributed by atoms with van der Waals surface area (Å²) in [4.78, 5) is 11.3. The van der Waals surface area contributed by atoms with Gasteiger partial charge in [0.25, 0.3) is 0 Å². The van der Waals surface area contributed by atoms with Crippen molar-refractivity contribution in [2.45, 2.75) is 13.8 Å². The lowest BCUT2D eigenvalue weighted by Crippen LogP contribution is -2.17. The van der Waals surface area contributed by atoms with E-state index in [4.69, 9.17) is 11.6 Å². The molecule has 0 radical (unpaired) electrons. The summed E-state index contributed by atoms with van der Waals surface area (Å²) >= 11 is 5.70. The number of amides is 1. The van der Waals surface area contributed by atoms with E-state index in [1.165, 1.54) is 0 Å². The molecule has 0 bridgehead atoms. The van der Waals surface area contributed by atoms with E-state index in [1.807, 2.05) is 13.8 Å². The van der Waals surface area contributed by atoms with Crippen LogP contribution in [0.15, 0.2) is 24.3 Å². The molecule has 2 nitrogen and oxygen atoms in total. The summed E-state index contributed by atoms with van der Waals surface area (Å²) in [5.41, 5.74) is 0.781. The van der Waals surface area contributed by atoms with Gasteiger partial charge in [-0.05, 0) is 24.3 Å². The van der Waals surface area contributed by atoms with Crippen LogP contribution >= 0.6 is 11.6 Å². The van der Waals surface area contributed by atoms with Gasteiger partial charge in [0, 0.05) is 16.6 Å². The Morgan fingerprint density at radius 1 is 1.31 bits per heavy atom. The maximum Gasteiger partial charge on any atom is 0.226 e. The van der Waals surface area contributed by atoms with Crippen molar-refractivity contribution in [2.75, 3.05) is 5.32 Å². The monoisotopic (exact) mass is 197 g/mol. The van der Waals surface area contributed by atoms with E-state index in [1.54, 1.807) is 24.3 Å². The molecule has 0 fully saturated rings. The zero-order valence-electron chi connectivity index (χ0n) is 7.67. The molecule has 0 aromatic heterocycles. The van der Waals surface area contributed by atoms with Crippen LogP contribution in [0.2, 0.25) is 5.02 Å². The SMILES string of the molecule is CC(C)C(=O)Nc1ccc(Cl)cc1. The summed E-state index contributed by atoms with van der Waals surface area (Å²) in [6, 6.07) is 7.06. The fourth-order valence-electron chi connectivity index (χ4n) is 0.820. The zero-order chi connectivity index (χ0) is 9.84. The summed E-state index contributed by atoms with van der Waals surface area (Å²) in [7, 11) is 0. The Kier molecular flexibility index (Phi) is 3.32. The van der Waals surface area contributed by atoms with Crippen molar-refractivity contribution in [3.63, 3.8) is 0 Å². The van der Waals surface area contributed by atoms with E-state index >= 15 is 0 Å². The van der Waals surface area contributed by atoms with Gasteiger partial charge in [0.05, 0.1) is 0 Å². The largest absolute Gasteiger partial charge is 0.326 e. The molecule has 0 saturated heterocycles. The van der Waals surface area contributed by atoms with Crippen LogP contribution in [0.3, 0.4) is 0 Å². The fraction of sp³-hybridized carbons (Fsp3) is 0.300. The average Bonchev–Trinajstić information content (AvgIpc) is 2.08. The molecule has 1 N–H and O–H groups in total. The van der Waals surface area contributed by atoms with Gasteiger partial charge in [-0.3, -0.25) is 4.79 Å². The number of benzene rings is 1. The van der Waals surface area contributed by atoms with Crippen molar-refractivity contribution >= 4 is 23.2 Å². The quantitative estimate of drug-likeness (QED) is 0.776. The third kappa shape index (κ3) is 3.07. The van der Waals surface area contributed by atoms with E-state index in [9.17, 15) is 4.79 Å². The van der Waals surface area contributed by atoms with Gasteiger partial charge in [0.1, 0.15) is 0 Å². The first-order chi connectivity index (χ1) is 6.09. The average molecular weight is 198 g/mol. The Morgan fingerprint density at radius 3 is 2.31 bits per heavy atom. The summed E-state index contributed by atoms with van der Waals surface area (Å²) < 4.78 is 0. The highest BCUT2D eigenvalue weighted by Gasteiger charge is 2.05. The van der Waals surface area contributed by atoms with Crippen molar-refractivity contribution in [1.82, 2.24) is 0 Å². The van der Waals surface area contributed by atoms with Crippen LogP contribution in [-0.2, 0) is 4.79 Å². The molecule has 0 atom stereocenters. The summed E-state index contributed by atoms with van der Waals surface area (Å²) in [6.07, 6.45) is 0. The second-order valence-electron chi connectivity index (χ2n) is 3.15. The molecule has 0 unspecified atom stereocenters. The number of hydrogen-bond acceptors (Lipinski definition) is 1. The molecular formula is C10H12ClNO. The van der Waals surface area contributed by atoms with Gasteiger partial charge in [0.2, 0.25) is 5.91 Å². The minimum Gasteiger partial charge on any atom is -0.326 e. The lowest BCUT2D eigenvalue weighted by molar-refractivity contribution is -0.118. The maximum absolute atomic E-state index is 11.3. The molecular weight excluding hydrogens is 186 g/mol. The Labute approximate surface area is 82.9 Å². The molecule has 1 aromatic carbocycles. The number of hydrogen-bond donors (Lipinski definition) is 1. The van der Waals surface area contributed by atoms with Crippen molar-refractivity contribution in [3.8, 4) is 0 Å². The van der Waals surface area contributed by atoms with Gasteiger partial charge in [0.15, 0.2) is 0 Å². The Hall–Kier alpha value is -1.02. The van der Waals surface area contributed by atoms with Crippen molar-refractivity contribution in [3.05, 3.63) is 29.3 Å². The van der Waals surface area contributed by atoms with E-state index in [0.717, 1.165) is 5.69 Å². The highest BCUT2D eigenvalue weighted by Crippen LogP contribution is 2.13. The highest BCUT2D eigenvalue weighted by atomic mass is 35.5. The van der Waals surface area contributed by atoms with E-state index in [2.05, 4.69) is 5.32 Å². The van der Waals surface area contributed by atoms with E-state index < -0.39 is 0 Å². The molecule has 70 valence electrons. The first-order valence-electron chi connectivity index (χ1n) is 4.16. The Bertz CT molecular complexity index is 292. The lowest BCUT2D eigenvalue weighted by atomic mass is 10.2. The number of carbonyl (C=O) groups is 1. The maximum atomic E-state index is 11.3. The number of rotatable bonds is 2. The molecule has 0 aliphatic rings. The number of nitrogens with one attached hydrogen (secondary N) is 1. The van der Waals surface area contributed by atoms with Crippen LogP contribution in [0, 0.1) is 5.92 Å². The third-order valence-corrected chi connectivity index (χ3v) is 1.89. The number of anilines is 1. The van der Waals surface area contributed by atoms with Crippen LogP contribution in [-0.4, -0.2) is 5.91 Å². The van der Waals surface area contributed by atoms with Crippen LogP contribution < -0.4 is 5.32 Å². The molecule has 0 saturated carbocycles. The smallest absolute Gasteiger partial charge is 0.226 e. The van der Waals surface area contributed by atoms with Crippen molar-refractivity contribution in [2.24, 2.45) is 5.92 Å². The number of halogens is 1. The van der Waals surface area contributed by atoms with Crippen LogP contribution in [0.25, 0.3) is 0 Å². The van der Waals surface area contributed by atoms with Gasteiger partial charge in [-0.25, -0.2) is 0 Å². The lowest BCUT2D eigenvalue weighted by Gasteiger charge is -2.06. The standard InChI is InChI=1S/C10H12ClNO/c1-7(2)10(13)12-9-5-3-8(11)4-6-9/h3-7H,1-2H3,(H,12,13). The minimum absolute atomic E-state index is 0.00400. The topological polar surface area (TPSA) is 29.1 Å². The van der Waals surface area contributed by atoms with Crippen LogP contribution in [0.5, 0.6) is 0 Å². The Morgan fingerprint density at radius 2 is 1.85 bits per heavy atom. The van der Waals surface area contributed by atoms with Gasteiger partial charge in [-0.1, -0.05) is 25.4 Å². The van der Waals surface area contributed by atoms with E-state index in [0.29, 0.717) is 5.02 Å². The Balaban J connectivity index is 2.65. The third-order valence-electron chi connectivity index (χ3n) is 1.64. The van der Waals surface area contributed by atoms with Crippen molar-refractivity contribution < 1.29 is 4.79 Å². The minimum atomic E-state index is -0.00400. The predicted octanol–water partition coefficient (Wildman–Crippen LogP) is 2.93. The molecule has 0 heterocycles. The van der Waals surface area contributed by atoms with Gasteiger partial charge in [-0.15, -0.1) is 0 Å². The summed E-state index contributed by atoms with van der Waals surface area (Å²) in [5.74, 6) is 0.0120. The summed E-state index contributed by atoms with van der Waals surface area (Å²) in [5, 5.41) is 3.44. The summed E-state index contributed by atoms with van der Waals surface area (Å²) in [6.45, 7) is 3.70. The highest BCUT2D eigenvalue weighted by molar-refractivity contribution is 6.30. The molecule has 13 heavy (non-hydrogen) atoms. The van der Waals surface area contributed by atoms with Crippen LogP contribution in [0.1, 0.15) is 13.8 Å². The second-order valence-corrected chi connectivity index (χ2v) is 3.59. The van der Waals surface area contributed by atoms with Crippen LogP contribution in [0.4, 0.5) is 5.69 Å². The first-order valence-corrected chi connectivity index (χ1v) is 4.54. The fourth-order valence-corrected chi connectivity index (χ4v) is 0.946. The van der Waals surface area contributed by atoms with Gasteiger partial charge in [-0.2, -0.15) is 0 Å². The molecule has 1 aromatic rings. The molecule has 0 aliphatic heterocycles. The van der Waals surface area contributed by atoms with E-state index in [-0.39, 0.29) is 11.8 Å². The van der Waals surface area contributed by atoms with Gasteiger partial charge < -0.3 is 5.32 Å². The molecule has 1 amide bonds. The molecule has 0 spiro atoms. The normalized spacial score (nSPS) is 10.2. The van der Waals surface area contributed by atoms with Crippen molar-refractivity contribution in [1.29, 1.82) is 0 Å². The second kappa shape index (κ2) is 4.28.